The van der Waals surface area contributed by atoms with E-state index in [1.54, 1.807) is 55.5 Å². The molecule has 3 nitrogen and oxygen atoms in total. The van der Waals surface area contributed by atoms with Crippen LogP contribution in [0.2, 0.25) is 0 Å². The first-order chi connectivity index (χ1) is 13.9. The molecule has 0 aromatic heterocycles. The third-order valence-electron chi connectivity index (χ3n) is 4.96. The number of aliphatic hydroxyl groups excluding tert-OH is 1. The minimum Gasteiger partial charge on any atom is -0.389 e. The zero-order valence-corrected chi connectivity index (χ0v) is 16.5. The summed E-state index contributed by atoms with van der Waals surface area (Å²) in [7, 11) is -3.77. The van der Waals surface area contributed by atoms with E-state index in [2.05, 4.69) is 0 Å². The van der Waals surface area contributed by atoms with Crippen molar-refractivity contribution in [3.05, 3.63) is 96.3 Å². The largest absolute Gasteiger partial charge is 0.389 e. The molecule has 1 atom stereocenters. The van der Waals surface area contributed by atoms with E-state index in [9.17, 15) is 17.9 Å². The number of aliphatic hydroxyl groups is 1. The van der Waals surface area contributed by atoms with Crippen molar-refractivity contribution in [3.63, 3.8) is 0 Å². The minimum atomic E-state index is -3.77. The van der Waals surface area contributed by atoms with Gasteiger partial charge in [-0.3, -0.25) is 0 Å². The molecule has 0 spiro atoms. The molecular weight excluding hydrogens is 387 g/mol. The highest BCUT2D eigenvalue weighted by molar-refractivity contribution is 7.91. The molecule has 0 aliphatic heterocycles. The fourth-order valence-electron chi connectivity index (χ4n) is 3.41. The Morgan fingerprint density at radius 2 is 1.41 bits per heavy atom. The normalized spacial score (nSPS) is 12.8. The van der Waals surface area contributed by atoms with Crippen LogP contribution in [-0.4, -0.2) is 13.5 Å². The highest BCUT2D eigenvalue weighted by Crippen LogP contribution is 2.31. The summed E-state index contributed by atoms with van der Waals surface area (Å²) in [5.41, 5.74) is 2.18. The van der Waals surface area contributed by atoms with Crippen LogP contribution in [0.3, 0.4) is 0 Å². The SMILES string of the molecule is CC(O)c1ccccc1S(=O)(=O)c1ccc2cc(-c3ccc(F)cc3)ccc2c1. The molecule has 1 unspecified atom stereocenters. The van der Waals surface area contributed by atoms with Crippen LogP contribution in [0.25, 0.3) is 21.9 Å². The topological polar surface area (TPSA) is 54.4 Å². The number of halogens is 1. The van der Waals surface area contributed by atoms with Crippen LogP contribution < -0.4 is 0 Å². The van der Waals surface area contributed by atoms with Crippen LogP contribution >= 0.6 is 0 Å². The lowest BCUT2D eigenvalue weighted by atomic mass is 10.0. The lowest BCUT2D eigenvalue weighted by Crippen LogP contribution is -2.07. The molecule has 4 rings (SSSR count). The first-order valence-corrected chi connectivity index (χ1v) is 10.7. The summed E-state index contributed by atoms with van der Waals surface area (Å²) in [6.45, 7) is 1.55. The molecule has 4 aromatic rings. The fraction of sp³-hybridized carbons (Fsp3) is 0.0833. The highest BCUT2D eigenvalue weighted by Gasteiger charge is 2.23. The molecule has 146 valence electrons. The average Bonchev–Trinajstić information content (AvgIpc) is 2.73. The van der Waals surface area contributed by atoms with Gasteiger partial charge >= 0.3 is 0 Å². The molecular formula is C24H19FO3S. The standard InChI is InChI=1S/C24H19FO3S/c1-16(26)23-4-2-3-5-24(23)29(27,28)22-13-10-19-14-18(6-7-20(19)15-22)17-8-11-21(25)12-9-17/h2-16,26H,1H3. The van der Waals surface area contributed by atoms with Crippen LogP contribution in [0.4, 0.5) is 4.39 Å². The predicted molar refractivity (Wildman–Crippen MR) is 112 cm³/mol. The third kappa shape index (κ3) is 3.67. The molecule has 0 aliphatic carbocycles. The summed E-state index contributed by atoms with van der Waals surface area (Å²) < 4.78 is 39.5. The molecule has 0 amide bonds. The summed E-state index contributed by atoms with van der Waals surface area (Å²) in [6, 6.07) is 23.4. The molecule has 0 saturated heterocycles. The van der Waals surface area contributed by atoms with Gasteiger partial charge < -0.3 is 5.11 Å². The second-order valence-electron chi connectivity index (χ2n) is 6.95. The van der Waals surface area contributed by atoms with E-state index >= 15 is 0 Å². The molecule has 5 heteroatoms. The molecule has 4 aromatic carbocycles. The zero-order valence-electron chi connectivity index (χ0n) is 15.7. The van der Waals surface area contributed by atoms with E-state index < -0.39 is 15.9 Å². The molecule has 0 aliphatic rings. The first-order valence-electron chi connectivity index (χ1n) is 9.18. The van der Waals surface area contributed by atoms with Crippen molar-refractivity contribution in [1.29, 1.82) is 0 Å². The number of sulfone groups is 1. The maximum atomic E-state index is 13.2. The number of fused-ring (bicyclic) bond motifs is 1. The van der Waals surface area contributed by atoms with Gasteiger partial charge in [-0.2, -0.15) is 0 Å². The summed E-state index contributed by atoms with van der Waals surface area (Å²) >= 11 is 0. The Kier molecular flexibility index (Phi) is 4.94. The van der Waals surface area contributed by atoms with Crippen LogP contribution in [0.1, 0.15) is 18.6 Å². The fourth-order valence-corrected chi connectivity index (χ4v) is 5.00. The third-order valence-corrected chi connectivity index (χ3v) is 6.78. The molecule has 0 saturated carbocycles. The molecule has 0 heterocycles. The summed E-state index contributed by atoms with van der Waals surface area (Å²) in [6.07, 6.45) is -0.889. The van der Waals surface area contributed by atoms with Gasteiger partial charge in [0.05, 0.1) is 15.9 Å². The number of hydrogen-bond donors (Lipinski definition) is 1. The molecule has 0 radical (unpaired) electrons. The van der Waals surface area contributed by atoms with E-state index in [0.29, 0.717) is 5.56 Å². The monoisotopic (exact) mass is 406 g/mol. The first kappa shape index (κ1) is 19.3. The molecule has 0 fully saturated rings. The van der Waals surface area contributed by atoms with E-state index in [-0.39, 0.29) is 15.6 Å². The predicted octanol–water partition coefficient (Wildman–Crippen LogP) is 5.53. The summed E-state index contributed by atoms with van der Waals surface area (Å²) in [5, 5.41) is 11.6. The van der Waals surface area contributed by atoms with Crippen LogP contribution in [-0.2, 0) is 9.84 Å². The summed E-state index contributed by atoms with van der Waals surface area (Å²) in [4.78, 5) is 0.282. The lowest BCUT2D eigenvalue weighted by molar-refractivity contribution is 0.196. The maximum absolute atomic E-state index is 13.2. The van der Waals surface area contributed by atoms with E-state index in [1.807, 2.05) is 18.2 Å². The van der Waals surface area contributed by atoms with Gasteiger partial charge in [0.1, 0.15) is 5.82 Å². The number of benzene rings is 4. The van der Waals surface area contributed by atoms with Gasteiger partial charge in [-0.05, 0) is 70.8 Å². The lowest BCUT2D eigenvalue weighted by Gasteiger charge is -2.13. The Labute approximate surface area is 169 Å². The molecule has 0 bridgehead atoms. The summed E-state index contributed by atoms with van der Waals surface area (Å²) in [5.74, 6) is -0.290. The number of rotatable bonds is 4. The van der Waals surface area contributed by atoms with Crippen molar-refractivity contribution in [2.75, 3.05) is 0 Å². The van der Waals surface area contributed by atoms with Gasteiger partial charge in [-0.25, -0.2) is 12.8 Å². The van der Waals surface area contributed by atoms with Crippen molar-refractivity contribution in [3.8, 4) is 11.1 Å². The van der Waals surface area contributed by atoms with Crippen molar-refractivity contribution < 1.29 is 17.9 Å². The van der Waals surface area contributed by atoms with Gasteiger partial charge in [-0.15, -0.1) is 0 Å². The quantitative estimate of drug-likeness (QED) is 0.485. The van der Waals surface area contributed by atoms with Crippen molar-refractivity contribution >= 4 is 20.6 Å². The van der Waals surface area contributed by atoms with Gasteiger partial charge in [0.25, 0.3) is 0 Å². The van der Waals surface area contributed by atoms with Crippen molar-refractivity contribution in [2.45, 2.75) is 22.8 Å². The Morgan fingerprint density at radius 1 is 0.793 bits per heavy atom. The Morgan fingerprint density at radius 3 is 2.14 bits per heavy atom. The van der Waals surface area contributed by atoms with Gasteiger partial charge in [0.2, 0.25) is 9.84 Å². The smallest absolute Gasteiger partial charge is 0.206 e. The Bertz CT molecular complexity index is 1290. The second-order valence-corrected chi connectivity index (χ2v) is 8.87. The Hall–Kier alpha value is -3.02. The maximum Gasteiger partial charge on any atom is 0.206 e. The Balaban J connectivity index is 1.78. The highest BCUT2D eigenvalue weighted by atomic mass is 32.2. The van der Waals surface area contributed by atoms with Crippen LogP contribution in [0.5, 0.6) is 0 Å². The van der Waals surface area contributed by atoms with Gasteiger partial charge in [0, 0.05) is 0 Å². The van der Waals surface area contributed by atoms with Crippen molar-refractivity contribution in [1.82, 2.24) is 0 Å². The van der Waals surface area contributed by atoms with Gasteiger partial charge in [-0.1, -0.05) is 48.5 Å². The van der Waals surface area contributed by atoms with E-state index in [1.165, 1.54) is 18.2 Å². The van der Waals surface area contributed by atoms with Crippen LogP contribution in [0, 0.1) is 5.82 Å². The molecule has 29 heavy (non-hydrogen) atoms. The molecule has 1 N–H and O–H groups in total. The van der Waals surface area contributed by atoms with E-state index in [4.69, 9.17) is 0 Å². The van der Waals surface area contributed by atoms with E-state index in [0.717, 1.165) is 21.9 Å². The zero-order chi connectivity index (χ0) is 20.6. The average molecular weight is 406 g/mol. The second kappa shape index (κ2) is 7.43. The van der Waals surface area contributed by atoms with Crippen LogP contribution in [0.15, 0.2) is 94.7 Å². The van der Waals surface area contributed by atoms with Crippen molar-refractivity contribution in [2.24, 2.45) is 0 Å². The van der Waals surface area contributed by atoms with Gasteiger partial charge in [0.15, 0.2) is 0 Å². The number of hydrogen-bond acceptors (Lipinski definition) is 3. The minimum absolute atomic E-state index is 0.109.